The van der Waals surface area contributed by atoms with Gasteiger partial charge < -0.3 is 19.9 Å². The van der Waals surface area contributed by atoms with Crippen LogP contribution in [0.2, 0.25) is 0 Å². The van der Waals surface area contributed by atoms with Gasteiger partial charge in [-0.25, -0.2) is 0 Å². The van der Waals surface area contributed by atoms with Crippen molar-refractivity contribution in [3.05, 3.63) is 53.1 Å². The van der Waals surface area contributed by atoms with E-state index in [-0.39, 0.29) is 5.41 Å². The first-order valence-electron chi connectivity index (χ1n) is 8.59. The van der Waals surface area contributed by atoms with Crippen molar-refractivity contribution < 1.29 is 14.2 Å². The molecule has 2 rings (SSSR count). The normalized spacial score (nSPS) is 11.3. The molecule has 2 N–H and O–H groups in total. The largest absolute Gasteiger partial charge is 0.493 e. The van der Waals surface area contributed by atoms with Crippen LogP contribution in [0, 0.1) is 6.92 Å². The molecule has 4 nitrogen and oxygen atoms in total. The first kappa shape index (κ1) is 19.1. The van der Waals surface area contributed by atoms with Crippen LogP contribution in [-0.2, 0) is 12.0 Å². The summed E-state index contributed by atoms with van der Waals surface area (Å²) in [6, 6.07) is 12.1. The molecular formula is C21H29NO3. The average Bonchev–Trinajstić information content (AvgIpc) is 2.57. The summed E-state index contributed by atoms with van der Waals surface area (Å²) in [5, 5.41) is 0. The molecule has 2 aromatic rings. The molecule has 4 heteroatoms. The summed E-state index contributed by atoms with van der Waals surface area (Å²) >= 11 is 0. The van der Waals surface area contributed by atoms with E-state index in [1.165, 1.54) is 11.1 Å². The summed E-state index contributed by atoms with van der Waals surface area (Å²) < 4.78 is 17.3. The Bertz CT molecular complexity index is 683. The number of methoxy groups -OCH3 is 1. The van der Waals surface area contributed by atoms with Crippen molar-refractivity contribution in [2.75, 3.05) is 20.3 Å². The van der Waals surface area contributed by atoms with Gasteiger partial charge in [0.25, 0.3) is 0 Å². The lowest BCUT2D eigenvalue weighted by atomic mass is 9.86. The van der Waals surface area contributed by atoms with Gasteiger partial charge in [0.05, 0.1) is 7.11 Å². The predicted octanol–water partition coefficient (Wildman–Crippen LogP) is 4.22. The van der Waals surface area contributed by atoms with Crippen LogP contribution in [0.25, 0.3) is 0 Å². The monoisotopic (exact) mass is 343 g/mol. The van der Waals surface area contributed by atoms with Gasteiger partial charge in [-0.15, -0.1) is 0 Å². The zero-order valence-electron chi connectivity index (χ0n) is 15.9. The highest BCUT2D eigenvalue weighted by Gasteiger charge is 2.19. The maximum absolute atomic E-state index is 6.02. The fraction of sp³-hybridized carbons (Fsp3) is 0.429. The topological polar surface area (TPSA) is 53.7 Å². The fourth-order valence-corrected chi connectivity index (χ4v) is 2.71. The number of hydrogen-bond donors (Lipinski definition) is 1. The van der Waals surface area contributed by atoms with Crippen molar-refractivity contribution in [3.8, 4) is 17.2 Å². The molecule has 0 aliphatic carbocycles. The smallest absolute Gasteiger partial charge is 0.165 e. The molecule has 0 aromatic heterocycles. The minimum absolute atomic E-state index is 0.0270. The first-order chi connectivity index (χ1) is 11.9. The third-order valence-corrected chi connectivity index (χ3v) is 4.03. The Balaban J connectivity index is 2.05. The second kappa shape index (κ2) is 8.26. The Morgan fingerprint density at radius 1 is 0.960 bits per heavy atom. The molecule has 136 valence electrons. The number of ether oxygens (including phenoxy) is 3. The Kier molecular flexibility index (Phi) is 6.32. The van der Waals surface area contributed by atoms with Crippen molar-refractivity contribution in [2.45, 2.75) is 39.7 Å². The standard InChI is InChI=1S/C21H29NO3/c1-15-9-10-17(21(2,3)4)19(13-15)24-11-12-25-20-16(14-22)7-6-8-18(20)23-5/h6-10,13H,11-12,14,22H2,1-5H3. The first-order valence-corrected chi connectivity index (χ1v) is 8.59. The molecule has 25 heavy (non-hydrogen) atoms. The van der Waals surface area contributed by atoms with Crippen LogP contribution >= 0.6 is 0 Å². The van der Waals surface area contributed by atoms with Gasteiger partial charge in [-0.2, -0.15) is 0 Å². The van der Waals surface area contributed by atoms with E-state index in [0.717, 1.165) is 11.3 Å². The third kappa shape index (κ3) is 4.89. The van der Waals surface area contributed by atoms with Crippen LogP contribution in [0.1, 0.15) is 37.5 Å². The quantitative estimate of drug-likeness (QED) is 0.765. The van der Waals surface area contributed by atoms with Crippen LogP contribution in [0.5, 0.6) is 17.2 Å². The molecular weight excluding hydrogens is 314 g/mol. The summed E-state index contributed by atoms with van der Waals surface area (Å²) in [6.07, 6.45) is 0. The molecule has 0 atom stereocenters. The van der Waals surface area contributed by atoms with E-state index in [1.807, 2.05) is 18.2 Å². The molecule has 0 saturated carbocycles. The number of para-hydroxylation sites is 1. The maximum Gasteiger partial charge on any atom is 0.165 e. The van der Waals surface area contributed by atoms with Crippen LogP contribution in [0.4, 0.5) is 0 Å². The Morgan fingerprint density at radius 3 is 2.32 bits per heavy atom. The third-order valence-electron chi connectivity index (χ3n) is 4.03. The van der Waals surface area contributed by atoms with E-state index >= 15 is 0 Å². The number of aryl methyl sites for hydroxylation is 1. The summed E-state index contributed by atoms with van der Waals surface area (Å²) in [4.78, 5) is 0. The summed E-state index contributed by atoms with van der Waals surface area (Å²) in [7, 11) is 1.63. The van der Waals surface area contributed by atoms with Crippen molar-refractivity contribution in [2.24, 2.45) is 5.73 Å². The van der Waals surface area contributed by atoms with Crippen molar-refractivity contribution in [1.29, 1.82) is 0 Å². The van der Waals surface area contributed by atoms with Gasteiger partial charge in [0.15, 0.2) is 11.5 Å². The van der Waals surface area contributed by atoms with E-state index in [0.29, 0.717) is 31.3 Å². The molecule has 0 radical (unpaired) electrons. The van der Waals surface area contributed by atoms with Gasteiger partial charge in [0.1, 0.15) is 19.0 Å². The Hall–Kier alpha value is -2.20. The van der Waals surface area contributed by atoms with Gasteiger partial charge in [-0.3, -0.25) is 0 Å². The highest BCUT2D eigenvalue weighted by atomic mass is 16.5. The Labute approximate surface area is 150 Å². The zero-order valence-corrected chi connectivity index (χ0v) is 15.9. The second-order valence-electron chi connectivity index (χ2n) is 7.10. The fourth-order valence-electron chi connectivity index (χ4n) is 2.71. The lowest BCUT2D eigenvalue weighted by Gasteiger charge is -2.23. The minimum Gasteiger partial charge on any atom is -0.493 e. The van der Waals surface area contributed by atoms with Crippen LogP contribution < -0.4 is 19.9 Å². The van der Waals surface area contributed by atoms with Crippen LogP contribution in [0.3, 0.4) is 0 Å². The molecule has 0 amide bonds. The molecule has 0 heterocycles. The highest BCUT2D eigenvalue weighted by Crippen LogP contribution is 2.33. The van der Waals surface area contributed by atoms with Gasteiger partial charge in [-0.05, 0) is 35.6 Å². The molecule has 0 unspecified atom stereocenters. The van der Waals surface area contributed by atoms with Gasteiger partial charge in [-0.1, -0.05) is 45.0 Å². The number of rotatable bonds is 7. The van der Waals surface area contributed by atoms with Crippen molar-refractivity contribution >= 4 is 0 Å². The minimum atomic E-state index is 0.0270. The molecule has 2 aromatic carbocycles. The van der Waals surface area contributed by atoms with E-state index in [9.17, 15) is 0 Å². The summed E-state index contributed by atoms with van der Waals surface area (Å²) in [5.74, 6) is 2.29. The zero-order chi connectivity index (χ0) is 18.4. The Morgan fingerprint density at radius 2 is 1.68 bits per heavy atom. The molecule has 0 aliphatic heterocycles. The van der Waals surface area contributed by atoms with Crippen molar-refractivity contribution in [1.82, 2.24) is 0 Å². The molecule has 0 aliphatic rings. The maximum atomic E-state index is 6.02. The average molecular weight is 343 g/mol. The van der Waals surface area contributed by atoms with Crippen LogP contribution in [-0.4, -0.2) is 20.3 Å². The van der Waals surface area contributed by atoms with Gasteiger partial charge in [0.2, 0.25) is 0 Å². The number of hydrogen-bond acceptors (Lipinski definition) is 4. The lowest BCUT2D eigenvalue weighted by Crippen LogP contribution is -2.16. The van der Waals surface area contributed by atoms with Crippen molar-refractivity contribution in [3.63, 3.8) is 0 Å². The summed E-state index contributed by atoms with van der Waals surface area (Å²) in [6.45, 7) is 9.90. The number of nitrogens with two attached hydrogens (primary N) is 1. The predicted molar refractivity (Wildman–Crippen MR) is 102 cm³/mol. The summed E-state index contributed by atoms with van der Waals surface area (Å²) in [5.41, 5.74) is 9.11. The lowest BCUT2D eigenvalue weighted by molar-refractivity contribution is 0.207. The van der Waals surface area contributed by atoms with Crippen LogP contribution in [0.15, 0.2) is 36.4 Å². The second-order valence-corrected chi connectivity index (χ2v) is 7.10. The van der Waals surface area contributed by atoms with E-state index in [1.54, 1.807) is 7.11 Å². The van der Waals surface area contributed by atoms with E-state index in [2.05, 4.69) is 45.9 Å². The number of benzene rings is 2. The molecule has 0 saturated heterocycles. The van der Waals surface area contributed by atoms with E-state index in [4.69, 9.17) is 19.9 Å². The highest BCUT2D eigenvalue weighted by molar-refractivity contribution is 5.46. The van der Waals surface area contributed by atoms with Gasteiger partial charge >= 0.3 is 0 Å². The molecule has 0 bridgehead atoms. The van der Waals surface area contributed by atoms with E-state index < -0.39 is 0 Å². The van der Waals surface area contributed by atoms with Gasteiger partial charge in [0, 0.05) is 12.1 Å². The SMILES string of the molecule is COc1cccc(CN)c1OCCOc1cc(C)ccc1C(C)(C)C. The molecule has 0 fully saturated rings. The molecule has 0 spiro atoms.